The Balaban J connectivity index is 1.50. The monoisotopic (exact) mass is 282 g/mol. The lowest BCUT2D eigenvalue weighted by atomic mass is 10.1. The molecular formula is C17H18N2O2. The maximum Gasteiger partial charge on any atom is 0.262 e. The molecule has 0 saturated carbocycles. The number of benzene rings is 2. The van der Waals surface area contributed by atoms with E-state index in [9.17, 15) is 4.79 Å². The Morgan fingerprint density at radius 3 is 2.76 bits per heavy atom. The number of hydrogen-bond acceptors (Lipinski definition) is 3. The molecule has 0 unspecified atom stereocenters. The van der Waals surface area contributed by atoms with Crippen LogP contribution >= 0.6 is 0 Å². The van der Waals surface area contributed by atoms with Gasteiger partial charge >= 0.3 is 0 Å². The van der Waals surface area contributed by atoms with Gasteiger partial charge in [0.1, 0.15) is 5.75 Å². The van der Waals surface area contributed by atoms with Crippen LogP contribution in [0.1, 0.15) is 5.56 Å². The standard InChI is InChI=1S/C17H18N2O2/c20-17(18-11-10-13-6-2-1-3-7-13)16-12-19-14-8-4-5-9-15(14)21-16/h1-9,16,19H,10-12H2,(H,18,20)/t16-/m1/s1. The molecule has 0 aromatic heterocycles. The maximum absolute atomic E-state index is 12.1. The number of amides is 1. The normalized spacial score (nSPS) is 16.3. The fraction of sp³-hybridized carbons (Fsp3) is 0.235. The van der Waals surface area contributed by atoms with Crippen molar-refractivity contribution in [1.82, 2.24) is 5.32 Å². The maximum atomic E-state index is 12.1. The summed E-state index contributed by atoms with van der Waals surface area (Å²) in [7, 11) is 0. The number of carbonyl (C=O) groups excluding carboxylic acids is 1. The van der Waals surface area contributed by atoms with E-state index in [1.807, 2.05) is 42.5 Å². The highest BCUT2D eigenvalue weighted by atomic mass is 16.5. The van der Waals surface area contributed by atoms with Crippen molar-refractivity contribution in [2.75, 3.05) is 18.4 Å². The molecule has 0 saturated heterocycles. The van der Waals surface area contributed by atoms with Gasteiger partial charge in [-0.1, -0.05) is 42.5 Å². The highest BCUT2D eigenvalue weighted by Gasteiger charge is 2.25. The van der Waals surface area contributed by atoms with Gasteiger partial charge in [0.05, 0.1) is 12.2 Å². The molecule has 2 aromatic rings. The number of hydrogen-bond donors (Lipinski definition) is 2. The van der Waals surface area contributed by atoms with Gasteiger partial charge < -0.3 is 15.4 Å². The lowest BCUT2D eigenvalue weighted by molar-refractivity contribution is -0.127. The van der Waals surface area contributed by atoms with Crippen LogP contribution < -0.4 is 15.4 Å². The molecule has 0 bridgehead atoms. The first kappa shape index (κ1) is 13.5. The minimum absolute atomic E-state index is 0.0760. The molecule has 1 aliphatic heterocycles. The molecule has 1 heterocycles. The van der Waals surface area contributed by atoms with Crippen LogP contribution in [-0.4, -0.2) is 25.1 Å². The molecule has 2 N–H and O–H groups in total. The zero-order chi connectivity index (χ0) is 14.5. The smallest absolute Gasteiger partial charge is 0.262 e. The fourth-order valence-corrected chi connectivity index (χ4v) is 2.35. The number of rotatable bonds is 4. The summed E-state index contributed by atoms with van der Waals surface area (Å²) in [6, 6.07) is 17.8. The molecule has 1 atom stereocenters. The lowest BCUT2D eigenvalue weighted by Gasteiger charge is -2.26. The van der Waals surface area contributed by atoms with Crippen LogP contribution in [0.15, 0.2) is 54.6 Å². The second-order valence-corrected chi connectivity index (χ2v) is 5.01. The average Bonchev–Trinajstić information content (AvgIpc) is 2.55. The largest absolute Gasteiger partial charge is 0.477 e. The Hall–Kier alpha value is -2.49. The van der Waals surface area contributed by atoms with E-state index in [2.05, 4.69) is 22.8 Å². The molecule has 1 amide bonds. The van der Waals surface area contributed by atoms with E-state index in [0.717, 1.165) is 17.9 Å². The third-order valence-electron chi connectivity index (χ3n) is 3.48. The minimum Gasteiger partial charge on any atom is -0.477 e. The van der Waals surface area contributed by atoms with Crippen LogP contribution in [-0.2, 0) is 11.2 Å². The predicted molar refractivity (Wildman–Crippen MR) is 82.5 cm³/mol. The first-order valence-corrected chi connectivity index (χ1v) is 7.14. The minimum atomic E-state index is -0.476. The van der Waals surface area contributed by atoms with Crippen molar-refractivity contribution in [3.05, 3.63) is 60.2 Å². The van der Waals surface area contributed by atoms with Crippen LogP contribution in [0.25, 0.3) is 0 Å². The van der Waals surface area contributed by atoms with Crippen molar-refractivity contribution in [2.45, 2.75) is 12.5 Å². The number of fused-ring (bicyclic) bond motifs is 1. The molecule has 0 spiro atoms. The molecule has 4 heteroatoms. The second-order valence-electron chi connectivity index (χ2n) is 5.01. The topological polar surface area (TPSA) is 50.4 Å². The van der Waals surface area contributed by atoms with Gasteiger partial charge in [-0.3, -0.25) is 4.79 Å². The SMILES string of the molecule is O=C(NCCc1ccccc1)[C@H]1CNc2ccccc2O1. The number of carbonyl (C=O) groups is 1. The highest BCUT2D eigenvalue weighted by molar-refractivity contribution is 5.83. The Morgan fingerprint density at radius 2 is 1.90 bits per heavy atom. The van der Waals surface area contributed by atoms with Gasteiger partial charge in [-0.05, 0) is 24.1 Å². The van der Waals surface area contributed by atoms with E-state index in [-0.39, 0.29) is 5.91 Å². The molecule has 0 aliphatic carbocycles. The predicted octanol–water partition coefficient (Wildman–Crippen LogP) is 2.22. The van der Waals surface area contributed by atoms with E-state index in [1.165, 1.54) is 5.56 Å². The number of ether oxygens (including phenoxy) is 1. The third kappa shape index (κ3) is 3.34. The van der Waals surface area contributed by atoms with Gasteiger partial charge in [0, 0.05) is 6.54 Å². The molecule has 3 rings (SSSR count). The summed E-state index contributed by atoms with van der Waals surface area (Å²) >= 11 is 0. The van der Waals surface area contributed by atoms with Crippen molar-refractivity contribution in [3.8, 4) is 5.75 Å². The Kier molecular flexibility index (Phi) is 4.05. The first-order valence-electron chi connectivity index (χ1n) is 7.14. The first-order chi connectivity index (χ1) is 10.3. The van der Waals surface area contributed by atoms with Gasteiger partial charge in [0.2, 0.25) is 0 Å². The number of anilines is 1. The summed E-state index contributed by atoms with van der Waals surface area (Å²) in [5.74, 6) is 0.653. The Labute approximate surface area is 124 Å². The van der Waals surface area contributed by atoms with Crippen LogP contribution in [0.3, 0.4) is 0 Å². The van der Waals surface area contributed by atoms with Crippen molar-refractivity contribution >= 4 is 11.6 Å². The van der Waals surface area contributed by atoms with Crippen LogP contribution in [0.2, 0.25) is 0 Å². The molecular weight excluding hydrogens is 264 g/mol. The highest BCUT2D eigenvalue weighted by Crippen LogP contribution is 2.28. The number of para-hydroxylation sites is 2. The van der Waals surface area contributed by atoms with E-state index in [1.54, 1.807) is 0 Å². The zero-order valence-corrected chi connectivity index (χ0v) is 11.7. The Bertz CT molecular complexity index is 613. The van der Waals surface area contributed by atoms with E-state index in [4.69, 9.17) is 4.74 Å². The molecule has 1 aliphatic rings. The summed E-state index contributed by atoms with van der Waals surface area (Å²) in [6.07, 6.45) is 0.347. The molecule has 21 heavy (non-hydrogen) atoms. The fourth-order valence-electron chi connectivity index (χ4n) is 2.35. The van der Waals surface area contributed by atoms with Crippen molar-refractivity contribution in [3.63, 3.8) is 0 Å². The summed E-state index contributed by atoms with van der Waals surface area (Å²) in [6.45, 7) is 1.11. The lowest BCUT2D eigenvalue weighted by Crippen LogP contribution is -2.45. The van der Waals surface area contributed by atoms with Crippen molar-refractivity contribution < 1.29 is 9.53 Å². The summed E-state index contributed by atoms with van der Waals surface area (Å²) in [5.41, 5.74) is 2.15. The molecule has 0 fully saturated rings. The molecule has 0 radical (unpaired) electrons. The van der Waals surface area contributed by atoms with E-state index < -0.39 is 6.10 Å². The van der Waals surface area contributed by atoms with Crippen molar-refractivity contribution in [1.29, 1.82) is 0 Å². The van der Waals surface area contributed by atoms with Gasteiger partial charge in [-0.15, -0.1) is 0 Å². The zero-order valence-electron chi connectivity index (χ0n) is 11.7. The summed E-state index contributed by atoms with van der Waals surface area (Å²) < 4.78 is 5.72. The van der Waals surface area contributed by atoms with E-state index >= 15 is 0 Å². The van der Waals surface area contributed by atoms with E-state index in [0.29, 0.717) is 13.1 Å². The quantitative estimate of drug-likeness (QED) is 0.904. The third-order valence-corrected chi connectivity index (χ3v) is 3.48. The Morgan fingerprint density at radius 1 is 1.14 bits per heavy atom. The van der Waals surface area contributed by atoms with Crippen LogP contribution in [0.5, 0.6) is 5.75 Å². The van der Waals surface area contributed by atoms with Gasteiger partial charge in [0.25, 0.3) is 5.91 Å². The van der Waals surface area contributed by atoms with Gasteiger partial charge in [-0.2, -0.15) is 0 Å². The average molecular weight is 282 g/mol. The molecule has 2 aromatic carbocycles. The van der Waals surface area contributed by atoms with Gasteiger partial charge in [0.15, 0.2) is 6.10 Å². The second kappa shape index (κ2) is 6.31. The van der Waals surface area contributed by atoms with Gasteiger partial charge in [-0.25, -0.2) is 0 Å². The molecule has 108 valence electrons. The number of nitrogens with one attached hydrogen (secondary N) is 2. The summed E-state index contributed by atoms with van der Waals surface area (Å²) in [5, 5.41) is 6.14. The van der Waals surface area contributed by atoms with Crippen molar-refractivity contribution in [2.24, 2.45) is 0 Å². The van der Waals surface area contributed by atoms with Crippen LogP contribution in [0.4, 0.5) is 5.69 Å². The summed E-state index contributed by atoms with van der Waals surface area (Å²) in [4.78, 5) is 12.1. The molecule has 4 nitrogen and oxygen atoms in total. The van der Waals surface area contributed by atoms with Crippen LogP contribution in [0, 0.1) is 0 Å².